The molecule has 12 heteroatoms. The number of hydrogen-bond donors (Lipinski definition) is 5. The summed E-state index contributed by atoms with van der Waals surface area (Å²) in [4.78, 5) is 51.5. The van der Waals surface area contributed by atoms with Crippen LogP contribution in [-0.2, 0) is 4.79 Å². The number of rotatable bonds is 5. The summed E-state index contributed by atoms with van der Waals surface area (Å²) < 4.78 is 33.8. The number of fused-ring (bicyclic) bond motifs is 1. The summed E-state index contributed by atoms with van der Waals surface area (Å²) in [6.45, 7) is 3.16. The van der Waals surface area contributed by atoms with Gasteiger partial charge in [-0.15, -0.1) is 0 Å². The molecule has 4 amide bonds. The number of aromatic carboxylic acids is 1. The van der Waals surface area contributed by atoms with E-state index < -0.39 is 41.0 Å². The summed E-state index contributed by atoms with van der Waals surface area (Å²) >= 11 is 0. The molecule has 5 N–H and O–H groups in total. The van der Waals surface area contributed by atoms with Crippen LogP contribution in [0.4, 0.5) is 25.0 Å². The standard InChI is InChI=1S/C25H20F2N4O6/c1-10-18(28-11(2)21(10)24(34)35)8-15-14-7-17(27)20(9-19(14)29-23(15)33)30-25(36)31-22(32)13-5-4-12(37-3)6-16(13)26/h4-9,28H,1-3H3,(H,29,33)(H,34,35)(H2,30,31,32,36)/b15-8-. The normalized spacial score (nSPS) is 13.2. The van der Waals surface area contributed by atoms with Gasteiger partial charge in [-0.1, -0.05) is 0 Å². The number of aryl methyl sites for hydroxylation is 1. The molecule has 0 bridgehead atoms. The highest BCUT2D eigenvalue weighted by atomic mass is 19.1. The lowest BCUT2D eigenvalue weighted by Gasteiger charge is -2.10. The number of aromatic nitrogens is 1. The van der Waals surface area contributed by atoms with Gasteiger partial charge in [0.25, 0.3) is 11.8 Å². The second kappa shape index (κ2) is 9.57. The SMILES string of the molecule is COc1ccc(C(=O)NC(=O)Nc2cc3c(cc2F)/C(=C/c2[nH]c(C)c(C(=O)O)c2C)C(=O)N3)c(F)c1. The third kappa shape index (κ3) is 4.76. The van der Waals surface area contributed by atoms with E-state index in [1.807, 2.05) is 5.32 Å². The van der Waals surface area contributed by atoms with Crippen molar-refractivity contribution < 1.29 is 37.8 Å². The van der Waals surface area contributed by atoms with Crippen molar-refractivity contribution >= 4 is 46.8 Å². The first-order valence-corrected chi connectivity index (χ1v) is 10.8. The van der Waals surface area contributed by atoms with Crippen LogP contribution >= 0.6 is 0 Å². The quantitative estimate of drug-likeness (QED) is 0.327. The average molecular weight is 510 g/mol. The summed E-state index contributed by atoms with van der Waals surface area (Å²) in [5.74, 6) is -4.40. The largest absolute Gasteiger partial charge is 0.497 e. The number of halogens is 2. The van der Waals surface area contributed by atoms with E-state index in [4.69, 9.17) is 4.74 Å². The lowest BCUT2D eigenvalue weighted by molar-refractivity contribution is -0.110. The minimum Gasteiger partial charge on any atom is -0.497 e. The Bertz CT molecular complexity index is 1530. The molecule has 3 aromatic rings. The van der Waals surface area contributed by atoms with Crippen LogP contribution in [0.25, 0.3) is 11.6 Å². The van der Waals surface area contributed by atoms with E-state index in [0.29, 0.717) is 17.0 Å². The Morgan fingerprint density at radius 1 is 1.08 bits per heavy atom. The van der Waals surface area contributed by atoms with E-state index in [-0.39, 0.29) is 33.8 Å². The first kappa shape index (κ1) is 25.1. The number of nitrogens with one attached hydrogen (secondary N) is 4. The van der Waals surface area contributed by atoms with Crippen molar-refractivity contribution in [1.29, 1.82) is 0 Å². The molecule has 1 aliphatic rings. The Kier molecular flexibility index (Phi) is 6.49. The summed E-state index contributed by atoms with van der Waals surface area (Å²) in [7, 11) is 1.32. The maximum absolute atomic E-state index is 14.9. The first-order chi connectivity index (χ1) is 17.5. The molecular formula is C25H20F2N4O6. The first-order valence-electron chi connectivity index (χ1n) is 10.8. The van der Waals surface area contributed by atoms with Gasteiger partial charge in [0.1, 0.15) is 17.4 Å². The minimum absolute atomic E-state index is 0.0753. The number of methoxy groups -OCH3 is 1. The molecular weight excluding hydrogens is 490 g/mol. The fraction of sp³-hybridized carbons (Fsp3) is 0.120. The highest BCUT2D eigenvalue weighted by Gasteiger charge is 2.28. The van der Waals surface area contributed by atoms with Crippen molar-refractivity contribution in [2.24, 2.45) is 0 Å². The molecule has 0 saturated carbocycles. The summed E-state index contributed by atoms with van der Waals surface area (Å²) in [6, 6.07) is 4.49. The maximum atomic E-state index is 14.9. The molecule has 1 aromatic heterocycles. The summed E-state index contributed by atoms with van der Waals surface area (Å²) in [5, 5.41) is 16.0. The van der Waals surface area contributed by atoms with Crippen molar-refractivity contribution in [2.45, 2.75) is 13.8 Å². The third-order valence-corrected chi connectivity index (χ3v) is 5.77. The van der Waals surface area contributed by atoms with Crippen LogP contribution in [0.2, 0.25) is 0 Å². The van der Waals surface area contributed by atoms with Gasteiger partial charge in [0.05, 0.1) is 35.2 Å². The predicted octanol–water partition coefficient (Wildman–Crippen LogP) is 4.07. The van der Waals surface area contributed by atoms with Crippen LogP contribution in [0, 0.1) is 25.5 Å². The van der Waals surface area contributed by atoms with Crippen LogP contribution in [0.3, 0.4) is 0 Å². The second-order valence-electron chi connectivity index (χ2n) is 8.11. The number of carboxylic acid groups (broad SMARTS) is 1. The van der Waals surface area contributed by atoms with E-state index in [1.165, 1.54) is 19.3 Å². The molecule has 0 spiro atoms. The molecule has 10 nitrogen and oxygen atoms in total. The van der Waals surface area contributed by atoms with Crippen molar-refractivity contribution in [3.63, 3.8) is 0 Å². The molecule has 0 radical (unpaired) electrons. The number of carboxylic acids is 1. The van der Waals surface area contributed by atoms with Gasteiger partial charge in [0, 0.05) is 23.0 Å². The number of amides is 4. The van der Waals surface area contributed by atoms with Crippen molar-refractivity contribution in [3.8, 4) is 5.75 Å². The predicted molar refractivity (Wildman–Crippen MR) is 130 cm³/mol. The van der Waals surface area contributed by atoms with Crippen molar-refractivity contribution in [2.75, 3.05) is 17.7 Å². The van der Waals surface area contributed by atoms with E-state index in [1.54, 1.807) is 13.8 Å². The number of ether oxygens (including phenoxy) is 1. The molecule has 0 aliphatic carbocycles. The van der Waals surface area contributed by atoms with Crippen LogP contribution in [-0.4, -0.2) is 41.0 Å². The molecule has 1 aliphatic heterocycles. The van der Waals surface area contributed by atoms with Gasteiger partial charge in [0.15, 0.2) is 0 Å². The number of hydrogen-bond acceptors (Lipinski definition) is 5. The molecule has 2 heterocycles. The Hall–Kier alpha value is -5.00. The minimum atomic E-state index is -1.13. The maximum Gasteiger partial charge on any atom is 0.337 e. The van der Waals surface area contributed by atoms with Crippen molar-refractivity contribution in [3.05, 3.63) is 75.6 Å². The van der Waals surface area contributed by atoms with Crippen LogP contribution < -0.4 is 20.7 Å². The molecule has 4 rings (SSSR count). The number of carbonyl (C=O) groups excluding carboxylic acids is 3. The van der Waals surface area contributed by atoms with E-state index >= 15 is 0 Å². The van der Waals surface area contributed by atoms with Gasteiger partial charge in [-0.05, 0) is 49.8 Å². The highest BCUT2D eigenvalue weighted by molar-refractivity contribution is 6.35. The molecule has 0 unspecified atom stereocenters. The second-order valence-corrected chi connectivity index (χ2v) is 8.11. The number of benzene rings is 2. The van der Waals surface area contributed by atoms with Gasteiger partial charge in [-0.2, -0.15) is 0 Å². The lowest BCUT2D eigenvalue weighted by atomic mass is 10.0. The monoisotopic (exact) mass is 510 g/mol. The molecule has 0 saturated heterocycles. The number of urea groups is 1. The lowest BCUT2D eigenvalue weighted by Crippen LogP contribution is -2.35. The van der Waals surface area contributed by atoms with Gasteiger partial charge in [0.2, 0.25) is 0 Å². The fourth-order valence-electron chi connectivity index (χ4n) is 3.97. The van der Waals surface area contributed by atoms with Crippen molar-refractivity contribution in [1.82, 2.24) is 10.3 Å². The topological polar surface area (TPSA) is 150 Å². The van der Waals surface area contributed by atoms with Crippen LogP contribution in [0.5, 0.6) is 5.75 Å². The molecule has 0 fully saturated rings. The molecule has 0 atom stereocenters. The zero-order chi connectivity index (χ0) is 27.0. The van der Waals surface area contributed by atoms with Gasteiger partial charge >= 0.3 is 12.0 Å². The van der Waals surface area contributed by atoms with Crippen LogP contribution in [0.1, 0.15) is 43.2 Å². The summed E-state index contributed by atoms with van der Waals surface area (Å²) in [5.41, 5.74) is 0.938. The fourth-order valence-corrected chi connectivity index (χ4v) is 3.97. The molecule has 37 heavy (non-hydrogen) atoms. The highest BCUT2D eigenvalue weighted by Crippen LogP contribution is 2.37. The van der Waals surface area contributed by atoms with Gasteiger partial charge < -0.3 is 25.5 Å². The van der Waals surface area contributed by atoms with Gasteiger partial charge in [-0.3, -0.25) is 14.9 Å². The van der Waals surface area contributed by atoms with Crippen LogP contribution in [0.15, 0.2) is 30.3 Å². The Morgan fingerprint density at radius 2 is 1.81 bits per heavy atom. The van der Waals surface area contributed by atoms with E-state index in [2.05, 4.69) is 15.6 Å². The number of anilines is 2. The average Bonchev–Trinajstić information content (AvgIpc) is 3.28. The zero-order valence-electron chi connectivity index (χ0n) is 19.7. The smallest absolute Gasteiger partial charge is 0.337 e. The third-order valence-electron chi connectivity index (χ3n) is 5.77. The summed E-state index contributed by atoms with van der Waals surface area (Å²) in [6.07, 6.45) is 1.41. The van der Waals surface area contributed by atoms with Gasteiger partial charge in [-0.25, -0.2) is 18.4 Å². The molecule has 190 valence electrons. The van der Waals surface area contributed by atoms with E-state index in [9.17, 15) is 33.1 Å². The Morgan fingerprint density at radius 3 is 2.43 bits per heavy atom. The Labute approximate surface area is 208 Å². The number of carbonyl (C=O) groups is 4. The Balaban J connectivity index is 1.56. The number of H-pyrrole nitrogens is 1. The number of aromatic amines is 1. The molecule has 2 aromatic carbocycles. The van der Waals surface area contributed by atoms with E-state index in [0.717, 1.165) is 24.3 Å². The zero-order valence-corrected chi connectivity index (χ0v) is 19.7. The number of imide groups is 1.